The first-order valence-corrected chi connectivity index (χ1v) is 11.8. The maximum absolute atomic E-state index is 13.5. The molecule has 0 radical (unpaired) electrons. The van der Waals surface area contributed by atoms with Crippen molar-refractivity contribution in [2.24, 2.45) is 5.92 Å². The third-order valence-electron chi connectivity index (χ3n) is 7.02. The molecule has 0 bridgehead atoms. The number of ether oxygens (including phenoxy) is 3. The molecule has 0 saturated carbocycles. The second-order valence-electron chi connectivity index (χ2n) is 9.20. The Kier molecular flexibility index (Phi) is 6.44. The quantitative estimate of drug-likeness (QED) is 0.675. The number of alkyl carbamates (subject to hydrolysis) is 1. The van der Waals surface area contributed by atoms with E-state index < -0.39 is 23.5 Å². The molecule has 9 nitrogen and oxygen atoms in total. The number of benzene rings is 2. The number of aliphatic carboxylic acids is 1. The lowest BCUT2D eigenvalue weighted by Crippen LogP contribution is -2.61. The van der Waals surface area contributed by atoms with Gasteiger partial charge in [-0.3, -0.25) is 9.59 Å². The molecule has 0 spiro atoms. The number of hydrogen-bond acceptors (Lipinski definition) is 6. The number of carboxylic acids is 1. The maximum Gasteiger partial charge on any atom is 0.408 e. The highest BCUT2D eigenvalue weighted by molar-refractivity contribution is 5.91. The minimum absolute atomic E-state index is 0.00508. The van der Waals surface area contributed by atoms with Gasteiger partial charge in [0.25, 0.3) is 5.91 Å². The Morgan fingerprint density at radius 2 is 1.71 bits per heavy atom. The molecule has 9 heteroatoms. The van der Waals surface area contributed by atoms with E-state index in [4.69, 9.17) is 14.2 Å². The first-order valence-electron chi connectivity index (χ1n) is 11.8. The van der Waals surface area contributed by atoms with Gasteiger partial charge in [0.2, 0.25) is 0 Å². The number of hydrogen-bond donors (Lipinski definition) is 2. The van der Waals surface area contributed by atoms with Gasteiger partial charge in [-0.2, -0.15) is 0 Å². The van der Waals surface area contributed by atoms with Crippen LogP contribution in [0.3, 0.4) is 0 Å². The van der Waals surface area contributed by atoms with Crippen molar-refractivity contribution in [1.82, 2.24) is 10.2 Å². The lowest BCUT2D eigenvalue weighted by atomic mass is 9.96. The summed E-state index contributed by atoms with van der Waals surface area (Å²) in [7, 11) is 0. The van der Waals surface area contributed by atoms with Crippen LogP contribution in [0.4, 0.5) is 4.79 Å². The largest absolute Gasteiger partial charge is 0.481 e. The van der Waals surface area contributed by atoms with Crippen molar-refractivity contribution in [2.75, 3.05) is 46.1 Å². The molecular formula is C26H28N2O7. The minimum atomic E-state index is -1.30. The van der Waals surface area contributed by atoms with Crippen LogP contribution in [0.5, 0.6) is 0 Å². The lowest BCUT2D eigenvalue weighted by Gasteiger charge is -2.33. The van der Waals surface area contributed by atoms with Gasteiger partial charge in [-0.15, -0.1) is 0 Å². The molecule has 3 aliphatic rings. The van der Waals surface area contributed by atoms with Crippen LogP contribution < -0.4 is 5.32 Å². The zero-order valence-electron chi connectivity index (χ0n) is 19.3. The number of rotatable bonds is 5. The van der Waals surface area contributed by atoms with E-state index in [1.54, 1.807) is 0 Å². The number of carbonyl (C=O) groups is 3. The summed E-state index contributed by atoms with van der Waals surface area (Å²) in [6.07, 6.45) is -0.419. The molecule has 2 fully saturated rings. The number of amides is 2. The van der Waals surface area contributed by atoms with Gasteiger partial charge in [0.15, 0.2) is 0 Å². The average molecular weight is 481 g/mol. The van der Waals surface area contributed by atoms with Crippen molar-refractivity contribution >= 4 is 18.0 Å². The predicted octanol–water partition coefficient (Wildman–Crippen LogP) is 2.24. The molecular weight excluding hydrogens is 452 g/mol. The molecule has 2 aromatic rings. The molecule has 35 heavy (non-hydrogen) atoms. The van der Waals surface area contributed by atoms with Crippen LogP contribution in [0.1, 0.15) is 23.5 Å². The third kappa shape index (κ3) is 4.49. The van der Waals surface area contributed by atoms with Crippen LogP contribution in [0.2, 0.25) is 0 Å². The zero-order valence-corrected chi connectivity index (χ0v) is 19.3. The van der Waals surface area contributed by atoms with Crippen molar-refractivity contribution in [2.45, 2.75) is 17.9 Å². The van der Waals surface area contributed by atoms with E-state index >= 15 is 0 Å². The van der Waals surface area contributed by atoms with Gasteiger partial charge in [-0.05, 0) is 22.3 Å². The molecule has 2 unspecified atom stereocenters. The van der Waals surface area contributed by atoms with Gasteiger partial charge in [0.05, 0.1) is 25.7 Å². The lowest BCUT2D eigenvalue weighted by molar-refractivity contribution is -0.145. The minimum Gasteiger partial charge on any atom is -0.481 e. The first kappa shape index (κ1) is 23.3. The van der Waals surface area contributed by atoms with Gasteiger partial charge in [-0.1, -0.05) is 48.5 Å². The molecule has 5 rings (SSSR count). The van der Waals surface area contributed by atoms with Crippen LogP contribution in [0.25, 0.3) is 11.1 Å². The van der Waals surface area contributed by atoms with E-state index in [1.807, 2.05) is 36.4 Å². The van der Waals surface area contributed by atoms with E-state index in [2.05, 4.69) is 17.4 Å². The summed E-state index contributed by atoms with van der Waals surface area (Å²) >= 11 is 0. The normalized spacial score (nSPS) is 23.8. The van der Waals surface area contributed by atoms with Gasteiger partial charge in [0, 0.05) is 32.0 Å². The monoisotopic (exact) mass is 480 g/mol. The van der Waals surface area contributed by atoms with Crippen molar-refractivity contribution in [3.8, 4) is 11.1 Å². The standard InChI is InChI=1S/C26H28N2O7/c29-23(30)17-13-28(10-12-33-14-17)24(31)26(9-11-34-16-26)27-25(32)35-15-22-20-7-3-1-5-18(20)19-6-2-4-8-21(19)22/h1-8,17,22H,9-16H2,(H,27,32)(H,29,30). The Morgan fingerprint density at radius 3 is 2.34 bits per heavy atom. The molecule has 0 aromatic heterocycles. The fourth-order valence-corrected chi connectivity index (χ4v) is 5.16. The van der Waals surface area contributed by atoms with Gasteiger partial charge >= 0.3 is 12.1 Å². The number of carboxylic acid groups (broad SMARTS) is 1. The number of nitrogens with one attached hydrogen (secondary N) is 1. The second-order valence-corrected chi connectivity index (χ2v) is 9.20. The van der Waals surface area contributed by atoms with Crippen LogP contribution in [-0.2, 0) is 23.8 Å². The first-order chi connectivity index (χ1) is 17.0. The smallest absolute Gasteiger partial charge is 0.408 e. The SMILES string of the molecule is O=C(NC1(C(=O)N2CCOCC(C(=O)O)C2)CCOC1)OCC1c2ccccc2-c2ccccc21. The Morgan fingerprint density at radius 1 is 1.03 bits per heavy atom. The van der Waals surface area contributed by atoms with E-state index in [-0.39, 0.29) is 57.8 Å². The van der Waals surface area contributed by atoms with Crippen molar-refractivity contribution in [3.05, 3.63) is 59.7 Å². The summed E-state index contributed by atoms with van der Waals surface area (Å²) in [6.45, 7) is 0.982. The highest BCUT2D eigenvalue weighted by atomic mass is 16.6. The topological polar surface area (TPSA) is 114 Å². The highest BCUT2D eigenvalue weighted by Crippen LogP contribution is 2.44. The summed E-state index contributed by atoms with van der Waals surface area (Å²) in [5.41, 5.74) is 3.16. The molecule has 2 N–H and O–H groups in total. The maximum atomic E-state index is 13.5. The molecule has 2 aliphatic heterocycles. The van der Waals surface area contributed by atoms with Crippen LogP contribution in [0.15, 0.2) is 48.5 Å². The molecule has 2 heterocycles. The van der Waals surface area contributed by atoms with Gasteiger partial charge in [0.1, 0.15) is 12.1 Å². The number of nitrogens with zero attached hydrogens (tertiary/aromatic N) is 1. The Labute approximate surface area is 203 Å². The number of carbonyl (C=O) groups excluding carboxylic acids is 2. The third-order valence-corrected chi connectivity index (χ3v) is 7.02. The fraction of sp³-hybridized carbons (Fsp3) is 0.423. The Hall–Kier alpha value is -3.43. The van der Waals surface area contributed by atoms with E-state index in [0.717, 1.165) is 22.3 Å². The summed E-state index contributed by atoms with van der Waals surface area (Å²) < 4.78 is 16.5. The molecule has 184 valence electrons. The fourth-order valence-electron chi connectivity index (χ4n) is 5.16. The average Bonchev–Trinajstić information content (AvgIpc) is 3.36. The van der Waals surface area contributed by atoms with Crippen molar-refractivity contribution in [1.29, 1.82) is 0 Å². The molecule has 1 aliphatic carbocycles. The summed E-state index contributed by atoms with van der Waals surface area (Å²) in [5, 5.41) is 12.2. The Balaban J connectivity index is 1.28. The van der Waals surface area contributed by atoms with E-state index in [1.165, 1.54) is 4.90 Å². The van der Waals surface area contributed by atoms with E-state index in [0.29, 0.717) is 6.61 Å². The van der Waals surface area contributed by atoms with Crippen molar-refractivity contribution in [3.63, 3.8) is 0 Å². The zero-order chi connectivity index (χ0) is 24.4. The summed E-state index contributed by atoms with van der Waals surface area (Å²) in [6, 6.07) is 16.1. The van der Waals surface area contributed by atoms with Crippen LogP contribution in [0, 0.1) is 5.92 Å². The number of fused-ring (bicyclic) bond motifs is 3. The summed E-state index contributed by atoms with van der Waals surface area (Å²) in [4.78, 5) is 39.4. The van der Waals surface area contributed by atoms with Crippen LogP contribution >= 0.6 is 0 Å². The van der Waals surface area contributed by atoms with Crippen LogP contribution in [-0.4, -0.2) is 79.6 Å². The predicted molar refractivity (Wildman–Crippen MR) is 125 cm³/mol. The van der Waals surface area contributed by atoms with Gasteiger partial charge in [-0.25, -0.2) is 4.79 Å². The molecule has 2 atom stereocenters. The molecule has 2 aromatic carbocycles. The highest BCUT2D eigenvalue weighted by Gasteiger charge is 2.47. The molecule has 2 saturated heterocycles. The Bertz CT molecular complexity index is 1080. The van der Waals surface area contributed by atoms with Crippen molar-refractivity contribution < 1.29 is 33.7 Å². The molecule has 2 amide bonds. The second kappa shape index (κ2) is 9.67. The van der Waals surface area contributed by atoms with Gasteiger partial charge < -0.3 is 29.5 Å². The van der Waals surface area contributed by atoms with E-state index in [9.17, 15) is 19.5 Å². The summed E-state index contributed by atoms with van der Waals surface area (Å²) in [5.74, 6) is -2.32.